The van der Waals surface area contributed by atoms with Crippen LogP contribution in [0.4, 0.5) is 29.1 Å². The Labute approximate surface area is 256 Å². The second-order valence-electron chi connectivity index (χ2n) is 11.8. The average Bonchev–Trinajstić information content (AvgIpc) is 3.26. The van der Waals surface area contributed by atoms with Gasteiger partial charge in [0.2, 0.25) is 5.91 Å². The molecule has 2 aromatic carbocycles. The number of benzene rings is 2. The molecule has 0 spiro atoms. The van der Waals surface area contributed by atoms with E-state index in [1.807, 2.05) is 6.07 Å². The minimum absolute atomic E-state index is 0.00595. The minimum atomic E-state index is -2.94. The summed E-state index contributed by atoms with van der Waals surface area (Å²) in [4.78, 5) is 49.5. The summed E-state index contributed by atoms with van der Waals surface area (Å²) in [7, 11) is 0. The zero-order valence-corrected chi connectivity index (χ0v) is 24.1. The maximum Gasteiger partial charge on any atom is 0.252 e. The molecule has 3 aliphatic rings. The van der Waals surface area contributed by atoms with Gasteiger partial charge in [-0.1, -0.05) is 30.7 Å². The number of amides is 3. The number of anilines is 2. The largest absolute Gasteiger partial charge is 0.351 e. The van der Waals surface area contributed by atoms with Crippen LogP contribution in [0.25, 0.3) is 0 Å². The van der Waals surface area contributed by atoms with E-state index < -0.39 is 65.7 Å². The van der Waals surface area contributed by atoms with E-state index in [9.17, 15) is 32.4 Å². The molecule has 0 unspecified atom stereocenters. The number of nitrogens with one attached hydrogen (secondary N) is 1. The molecule has 1 aromatic heterocycles. The van der Waals surface area contributed by atoms with Crippen LogP contribution in [-0.2, 0) is 26.3 Å². The smallest absolute Gasteiger partial charge is 0.252 e. The molecule has 1 N–H and O–H groups in total. The molecular weight excluding hydrogens is 590 g/mol. The predicted molar refractivity (Wildman–Crippen MR) is 155 cm³/mol. The summed E-state index contributed by atoms with van der Waals surface area (Å²) in [5.41, 5.74) is -0.855. The molecule has 1 saturated carbocycles. The molecule has 2 atom stereocenters. The number of nitrogens with zero attached hydrogens (tertiary/aromatic N) is 4. The van der Waals surface area contributed by atoms with Crippen LogP contribution in [0.2, 0.25) is 0 Å². The Morgan fingerprint density at radius 2 is 1.76 bits per heavy atom. The lowest BCUT2D eigenvalue weighted by Gasteiger charge is -2.45. The van der Waals surface area contributed by atoms with Crippen molar-refractivity contribution in [2.75, 3.05) is 9.80 Å². The van der Waals surface area contributed by atoms with Gasteiger partial charge in [0.1, 0.15) is 23.5 Å². The molecular formula is C33H29F4N5O3. The topological polar surface area (TPSA) is 106 Å². The zero-order valence-electron chi connectivity index (χ0n) is 24.1. The molecule has 0 radical (unpaired) electrons. The van der Waals surface area contributed by atoms with Crippen molar-refractivity contribution >= 4 is 29.2 Å². The van der Waals surface area contributed by atoms with Gasteiger partial charge in [0.25, 0.3) is 17.7 Å². The fourth-order valence-corrected chi connectivity index (χ4v) is 6.76. The number of fused-ring (bicyclic) bond motifs is 1. The lowest BCUT2D eigenvalue weighted by atomic mass is 9.83. The number of carbonyl (C=O) groups excluding carboxylic acids is 3. The number of carbonyl (C=O) groups is 3. The first-order valence-electron chi connectivity index (χ1n) is 14.8. The highest BCUT2D eigenvalue weighted by Gasteiger charge is 2.56. The molecule has 1 saturated heterocycles. The SMILES string of the molecule is N#Cc1ccnc(N2C(=O)CCCC[C@H]2C(=O)N(c2cc(F)cc(F)c2)[C@@]2(C(=O)NC3CC(F)(F)C3)CCc3ccccc32)c1. The third kappa shape index (κ3) is 5.52. The molecule has 8 nitrogen and oxygen atoms in total. The lowest BCUT2D eigenvalue weighted by molar-refractivity contribution is -0.137. The van der Waals surface area contributed by atoms with Gasteiger partial charge < -0.3 is 5.32 Å². The fraction of sp³-hybridized carbons (Fsp3) is 0.364. The number of alkyl halides is 2. The highest BCUT2D eigenvalue weighted by atomic mass is 19.3. The van der Waals surface area contributed by atoms with Crippen molar-refractivity contribution in [3.8, 4) is 6.07 Å². The Hall–Kier alpha value is -4.79. The van der Waals surface area contributed by atoms with Gasteiger partial charge in [-0.25, -0.2) is 22.5 Å². The molecule has 2 aliphatic carbocycles. The third-order valence-corrected chi connectivity index (χ3v) is 8.83. The van der Waals surface area contributed by atoms with Gasteiger partial charge in [0.05, 0.1) is 17.3 Å². The van der Waals surface area contributed by atoms with Gasteiger partial charge in [-0.3, -0.25) is 24.2 Å². The Kier molecular flexibility index (Phi) is 7.81. The Morgan fingerprint density at radius 3 is 2.47 bits per heavy atom. The number of rotatable bonds is 6. The van der Waals surface area contributed by atoms with Gasteiger partial charge in [-0.15, -0.1) is 0 Å². The summed E-state index contributed by atoms with van der Waals surface area (Å²) in [6, 6.07) is 12.0. The summed E-state index contributed by atoms with van der Waals surface area (Å²) < 4.78 is 57.3. The summed E-state index contributed by atoms with van der Waals surface area (Å²) in [5.74, 6) is -6.90. The number of pyridine rings is 1. The monoisotopic (exact) mass is 619 g/mol. The summed E-state index contributed by atoms with van der Waals surface area (Å²) in [6.45, 7) is 0. The Bertz CT molecular complexity index is 1700. The van der Waals surface area contributed by atoms with Crippen LogP contribution in [0.5, 0.6) is 0 Å². The molecule has 2 heterocycles. The van der Waals surface area contributed by atoms with E-state index in [-0.39, 0.29) is 36.3 Å². The van der Waals surface area contributed by atoms with Crippen LogP contribution < -0.4 is 15.1 Å². The van der Waals surface area contributed by atoms with E-state index in [0.717, 1.165) is 17.0 Å². The molecule has 0 bridgehead atoms. The quantitative estimate of drug-likeness (QED) is 0.377. The summed E-state index contributed by atoms with van der Waals surface area (Å²) in [6.07, 6.45) is 1.59. The second kappa shape index (κ2) is 11.6. The lowest BCUT2D eigenvalue weighted by Crippen LogP contribution is -2.64. The van der Waals surface area contributed by atoms with Crippen LogP contribution in [0.3, 0.4) is 0 Å². The molecule has 12 heteroatoms. The van der Waals surface area contributed by atoms with Crippen LogP contribution in [0.15, 0.2) is 60.8 Å². The molecule has 6 rings (SSSR count). The van der Waals surface area contributed by atoms with E-state index >= 15 is 4.79 Å². The van der Waals surface area contributed by atoms with E-state index in [0.29, 0.717) is 36.5 Å². The van der Waals surface area contributed by atoms with E-state index in [4.69, 9.17) is 0 Å². The van der Waals surface area contributed by atoms with Gasteiger partial charge >= 0.3 is 0 Å². The maximum absolute atomic E-state index is 15.0. The third-order valence-electron chi connectivity index (χ3n) is 8.83. The van der Waals surface area contributed by atoms with Crippen molar-refractivity contribution in [3.05, 3.63) is 89.1 Å². The van der Waals surface area contributed by atoms with Gasteiger partial charge in [0, 0.05) is 37.6 Å². The van der Waals surface area contributed by atoms with Gasteiger partial charge in [0.15, 0.2) is 5.54 Å². The first-order chi connectivity index (χ1) is 21.5. The van der Waals surface area contributed by atoms with Crippen LogP contribution in [0, 0.1) is 23.0 Å². The number of nitriles is 1. The summed E-state index contributed by atoms with van der Waals surface area (Å²) >= 11 is 0. The zero-order chi connectivity index (χ0) is 31.9. The first kappa shape index (κ1) is 30.2. The molecule has 3 amide bonds. The van der Waals surface area contributed by atoms with Crippen LogP contribution >= 0.6 is 0 Å². The number of hydrogen-bond acceptors (Lipinski definition) is 5. The number of aryl methyl sites for hydroxylation is 1. The number of aromatic nitrogens is 1. The van der Waals surface area contributed by atoms with Crippen LogP contribution in [0.1, 0.15) is 61.6 Å². The minimum Gasteiger partial charge on any atom is -0.351 e. The van der Waals surface area contributed by atoms with Gasteiger partial charge in [-0.2, -0.15) is 5.26 Å². The van der Waals surface area contributed by atoms with E-state index in [1.54, 1.807) is 24.3 Å². The molecule has 1 aliphatic heterocycles. The molecule has 45 heavy (non-hydrogen) atoms. The van der Waals surface area contributed by atoms with Crippen molar-refractivity contribution in [3.63, 3.8) is 0 Å². The highest BCUT2D eigenvalue weighted by Crippen LogP contribution is 2.47. The Balaban J connectivity index is 1.53. The highest BCUT2D eigenvalue weighted by molar-refractivity contribution is 6.11. The van der Waals surface area contributed by atoms with Crippen molar-refractivity contribution in [2.24, 2.45) is 0 Å². The maximum atomic E-state index is 15.0. The number of halogens is 4. The van der Waals surface area contributed by atoms with E-state index in [2.05, 4.69) is 10.3 Å². The van der Waals surface area contributed by atoms with Gasteiger partial charge in [-0.05, 0) is 61.1 Å². The second-order valence-corrected chi connectivity index (χ2v) is 11.8. The van der Waals surface area contributed by atoms with E-state index in [1.165, 1.54) is 23.2 Å². The Morgan fingerprint density at radius 1 is 1.02 bits per heavy atom. The van der Waals surface area contributed by atoms with Crippen LogP contribution in [-0.4, -0.2) is 40.7 Å². The van der Waals surface area contributed by atoms with Crippen molar-refractivity contribution < 1.29 is 31.9 Å². The number of hydrogen-bond donors (Lipinski definition) is 1. The molecule has 232 valence electrons. The summed E-state index contributed by atoms with van der Waals surface area (Å²) in [5, 5.41) is 12.2. The van der Waals surface area contributed by atoms with Crippen molar-refractivity contribution in [1.82, 2.24) is 10.3 Å². The predicted octanol–water partition coefficient (Wildman–Crippen LogP) is 5.30. The molecule has 2 fully saturated rings. The molecule has 3 aromatic rings. The normalized spacial score (nSPS) is 22.5. The van der Waals surface area contributed by atoms with Crippen molar-refractivity contribution in [1.29, 1.82) is 5.26 Å². The fourth-order valence-electron chi connectivity index (χ4n) is 6.76. The van der Waals surface area contributed by atoms with Crippen molar-refractivity contribution in [2.45, 2.75) is 74.9 Å². The first-order valence-corrected chi connectivity index (χ1v) is 14.8. The average molecular weight is 620 g/mol. The standard InChI is InChI=1S/C33H29F4N5O3/c34-22-14-23(35)16-25(15-22)42(30(44)27-7-3-4-8-29(43)41(27)28-13-20(19-38)10-12-39-28)33(11-9-21-5-1-2-6-26(21)33)31(45)40-24-17-32(36,37)18-24/h1-2,5-6,10,12-16,24,27H,3-4,7-9,11,17-18H2,(H,40,45)/t27-,33-/m0/s1.